The Labute approximate surface area is 154 Å². The summed E-state index contributed by atoms with van der Waals surface area (Å²) in [6, 6.07) is 0. The molecular formula is C17H27N5O3S. The Morgan fingerprint density at radius 1 is 1.27 bits per heavy atom. The van der Waals surface area contributed by atoms with Gasteiger partial charge in [-0.25, -0.2) is 8.42 Å². The molecule has 3 rings (SSSR count). The third-order valence-electron chi connectivity index (χ3n) is 4.56. The minimum absolute atomic E-state index is 0.0576. The van der Waals surface area contributed by atoms with Gasteiger partial charge in [-0.05, 0) is 32.1 Å². The van der Waals surface area contributed by atoms with Crippen LogP contribution >= 0.6 is 0 Å². The predicted molar refractivity (Wildman–Crippen MR) is 96.3 cm³/mol. The molecule has 1 aliphatic rings. The summed E-state index contributed by atoms with van der Waals surface area (Å²) in [5.41, 5.74) is 1.12. The highest BCUT2D eigenvalue weighted by Gasteiger charge is 2.35. The number of aryl methyl sites for hydroxylation is 2. The second-order valence-electron chi connectivity index (χ2n) is 8.24. The normalized spacial score (nSPS) is 19.8. The predicted octanol–water partition coefficient (Wildman–Crippen LogP) is 2.57. The molecule has 144 valence electrons. The summed E-state index contributed by atoms with van der Waals surface area (Å²) in [6.45, 7) is 10.6. The Morgan fingerprint density at radius 3 is 2.62 bits per heavy atom. The minimum Gasteiger partial charge on any atom is -0.425 e. The number of aromatic nitrogens is 4. The Kier molecular flexibility index (Phi) is 4.96. The van der Waals surface area contributed by atoms with E-state index in [4.69, 9.17) is 4.42 Å². The summed E-state index contributed by atoms with van der Waals surface area (Å²) in [6.07, 6.45) is 2.30. The van der Waals surface area contributed by atoms with Crippen LogP contribution in [-0.4, -0.2) is 46.2 Å². The van der Waals surface area contributed by atoms with Gasteiger partial charge in [0.25, 0.3) is 0 Å². The fraction of sp³-hybridized carbons (Fsp3) is 0.706. The number of hydrogen-bond donors (Lipinski definition) is 1. The average molecular weight is 382 g/mol. The third kappa shape index (κ3) is 3.83. The molecule has 2 aromatic heterocycles. The molecule has 0 aliphatic carbocycles. The smallest absolute Gasteiger partial charge is 0.246 e. The van der Waals surface area contributed by atoms with E-state index in [2.05, 4.69) is 41.2 Å². The van der Waals surface area contributed by atoms with Gasteiger partial charge < -0.3 is 4.42 Å². The van der Waals surface area contributed by atoms with Crippen LogP contribution in [0.1, 0.15) is 62.7 Å². The maximum Gasteiger partial charge on any atom is 0.246 e. The average Bonchev–Trinajstić information content (AvgIpc) is 3.12. The van der Waals surface area contributed by atoms with Crippen molar-refractivity contribution in [1.82, 2.24) is 24.7 Å². The summed E-state index contributed by atoms with van der Waals surface area (Å²) >= 11 is 0. The zero-order chi connectivity index (χ0) is 19.1. The van der Waals surface area contributed by atoms with Gasteiger partial charge in [-0.3, -0.25) is 5.10 Å². The number of aromatic amines is 1. The first-order valence-corrected chi connectivity index (χ1v) is 10.4. The fourth-order valence-corrected chi connectivity index (χ4v) is 5.22. The molecule has 26 heavy (non-hydrogen) atoms. The monoisotopic (exact) mass is 381 g/mol. The maximum atomic E-state index is 13.1. The molecule has 0 spiro atoms. The van der Waals surface area contributed by atoms with Crippen LogP contribution in [0.5, 0.6) is 0 Å². The van der Waals surface area contributed by atoms with Crippen LogP contribution in [-0.2, 0) is 16.4 Å². The SMILES string of the molecule is Cc1n[nH]c(C)c1S(=O)(=O)N1CCCC(c2nnc(CC(C)(C)C)o2)C1. The largest absolute Gasteiger partial charge is 0.425 e. The molecule has 1 fully saturated rings. The van der Waals surface area contributed by atoms with Gasteiger partial charge in [-0.1, -0.05) is 20.8 Å². The molecule has 0 radical (unpaired) electrons. The van der Waals surface area contributed by atoms with Crippen LogP contribution in [0.4, 0.5) is 0 Å². The van der Waals surface area contributed by atoms with Crippen molar-refractivity contribution in [3.8, 4) is 0 Å². The van der Waals surface area contributed by atoms with Crippen molar-refractivity contribution < 1.29 is 12.8 Å². The van der Waals surface area contributed by atoms with Crippen molar-refractivity contribution in [2.75, 3.05) is 13.1 Å². The lowest BCUT2D eigenvalue weighted by Crippen LogP contribution is -2.39. The summed E-state index contributed by atoms with van der Waals surface area (Å²) in [5.74, 6) is 1.06. The van der Waals surface area contributed by atoms with Crippen molar-refractivity contribution in [2.45, 2.75) is 64.7 Å². The zero-order valence-electron chi connectivity index (χ0n) is 16.0. The quantitative estimate of drug-likeness (QED) is 0.873. The van der Waals surface area contributed by atoms with Crippen molar-refractivity contribution in [1.29, 1.82) is 0 Å². The number of rotatable bonds is 4. The molecule has 1 N–H and O–H groups in total. The first kappa shape index (κ1) is 19.0. The first-order chi connectivity index (χ1) is 12.1. The van der Waals surface area contributed by atoms with Gasteiger partial charge in [-0.15, -0.1) is 10.2 Å². The number of H-pyrrole nitrogens is 1. The molecule has 0 amide bonds. The lowest BCUT2D eigenvalue weighted by Gasteiger charge is -2.30. The Bertz CT molecular complexity index is 859. The number of sulfonamides is 1. The van der Waals surface area contributed by atoms with Crippen LogP contribution in [0.3, 0.4) is 0 Å². The van der Waals surface area contributed by atoms with Crippen molar-refractivity contribution in [2.24, 2.45) is 5.41 Å². The van der Waals surface area contributed by atoms with Gasteiger partial charge in [0.15, 0.2) is 0 Å². The summed E-state index contributed by atoms with van der Waals surface area (Å²) < 4.78 is 33.5. The van der Waals surface area contributed by atoms with Crippen LogP contribution in [0.25, 0.3) is 0 Å². The molecule has 0 saturated carbocycles. The lowest BCUT2D eigenvalue weighted by atomic mass is 9.92. The minimum atomic E-state index is -3.59. The van der Waals surface area contributed by atoms with Crippen LogP contribution in [0.15, 0.2) is 9.31 Å². The van der Waals surface area contributed by atoms with Gasteiger partial charge >= 0.3 is 0 Å². The molecule has 9 heteroatoms. The standard InChI is InChI=1S/C17H27N5O3S/c1-11-15(12(2)19-18-11)26(23,24)22-8-6-7-13(10-22)16-21-20-14(25-16)9-17(3,4)5/h13H,6-10H2,1-5H3,(H,18,19). The van der Waals surface area contributed by atoms with Gasteiger partial charge in [0, 0.05) is 19.5 Å². The molecule has 1 atom stereocenters. The van der Waals surface area contributed by atoms with E-state index in [0.717, 1.165) is 12.8 Å². The Morgan fingerprint density at radius 2 is 2.00 bits per heavy atom. The van der Waals surface area contributed by atoms with E-state index in [1.54, 1.807) is 13.8 Å². The van der Waals surface area contributed by atoms with E-state index in [0.29, 0.717) is 42.7 Å². The fourth-order valence-electron chi connectivity index (χ4n) is 3.37. The van der Waals surface area contributed by atoms with Crippen molar-refractivity contribution in [3.05, 3.63) is 23.2 Å². The molecule has 0 bridgehead atoms. The molecule has 0 aromatic carbocycles. The number of nitrogens with zero attached hydrogens (tertiary/aromatic N) is 4. The Balaban J connectivity index is 1.80. The Hall–Kier alpha value is -1.74. The lowest BCUT2D eigenvalue weighted by molar-refractivity contribution is 0.274. The van der Waals surface area contributed by atoms with Crippen LogP contribution < -0.4 is 0 Å². The van der Waals surface area contributed by atoms with E-state index in [-0.39, 0.29) is 16.2 Å². The molecule has 8 nitrogen and oxygen atoms in total. The van der Waals surface area contributed by atoms with Crippen molar-refractivity contribution in [3.63, 3.8) is 0 Å². The highest BCUT2D eigenvalue weighted by atomic mass is 32.2. The summed E-state index contributed by atoms with van der Waals surface area (Å²) in [7, 11) is -3.59. The molecule has 1 unspecified atom stereocenters. The second-order valence-corrected chi connectivity index (χ2v) is 10.1. The number of nitrogens with one attached hydrogen (secondary N) is 1. The molecule has 1 aliphatic heterocycles. The van der Waals surface area contributed by atoms with Crippen LogP contribution in [0, 0.1) is 19.3 Å². The molecule has 1 saturated heterocycles. The van der Waals surface area contributed by atoms with E-state index in [9.17, 15) is 8.42 Å². The van der Waals surface area contributed by atoms with E-state index in [1.807, 2.05) is 0 Å². The highest BCUT2D eigenvalue weighted by molar-refractivity contribution is 7.89. The summed E-state index contributed by atoms with van der Waals surface area (Å²) in [5, 5.41) is 15.1. The summed E-state index contributed by atoms with van der Waals surface area (Å²) in [4.78, 5) is 0.275. The highest BCUT2D eigenvalue weighted by Crippen LogP contribution is 2.31. The van der Waals surface area contributed by atoms with Crippen molar-refractivity contribution >= 4 is 10.0 Å². The first-order valence-electron chi connectivity index (χ1n) is 8.92. The van der Waals surface area contributed by atoms with E-state index < -0.39 is 10.0 Å². The van der Waals surface area contributed by atoms with E-state index in [1.165, 1.54) is 4.31 Å². The number of piperidine rings is 1. The van der Waals surface area contributed by atoms with Gasteiger partial charge in [0.2, 0.25) is 21.8 Å². The van der Waals surface area contributed by atoms with Gasteiger partial charge in [0.1, 0.15) is 4.90 Å². The number of hydrogen-bond acceptors (Lipinski definition) is 6. The zero-order valence-corrected chi connectivity index (χ0v) is 16.9. The van der Waals surface area contributed by atoms with Gasteiger partial charge in [-0.2, -0.15) is 9.40 Å². The second kappa shape index (κ2) is 6.77. The molecule has 3 heterocycles. The molecule has 2 aromatic rings. The third-order valence-corrected chi connectivity index (χ3v) is 6.68. The molecular weight excluding hydrogens is 354 g/mol. The van der Waals surface area contributed by atoms with Crippen LogP contribution in [0.2, 0.25) is 0 Å². The topological polar surface area (TPSA) is 105 Å². The van der Waals surface area contributed by atoms with E-state index >= 15 is 0 Å². The maximum absolute atomic E-state index is 13.1. The van der Waals surface area contributed by atoms with Gasteiger partial charge in [0.05, 0.1) is 17.3 Å².